The third-order valence-electron chi connectivity index (χ3n) is 3.42. The lowest BCUT2D eigenvalue weighted by Gasteiger charge is -2.27. The normalized spacial score (nSPS) is 19.5. The molecule has 6 nitrogen and oxygen atoms in total. The van der Waals surface area contributed by atoms with Gasteiger partial charge in [-0.15, -0.1) is 0 Å². The van der Waals surface area contributed by atoms with Gasteiger partial charge in [-0.1, -0.05) is 5.16 Å². The van der Waals surface area contributed by atoms with Crippen LogP contribution in [0.4, 0.5) is 5.69 Å². The van der Waals surface area contributed by atoms with Crippen LogP contribution in [-0.4, -0.2) is 44.5 Å². The molecule has 0 bridgehead atoms. The lowest BCUT2D eigenvalue weighted by atomic mass is 10.1. The number of rotatable bonds is 4. The minimum atomic E-state index is 0.0865. The van der Waals surface area contributed by atoms with Crippen LogP contribution in [0.2, 0.25) is 0 Å². The van der Waals surface area contributed by atoms with Crippen molar-refractivity contribution >= 4 is 11.5 Å². The molecule has 0 saturated carbocycles. The fourth-order valence-electron chi connectivity index (χ4n) is 2.22. The second-order valence-corrected chi connectivity index (χ2v) is 4.50. The number of amidine groups is 1. The molecule has 1 aromatic carbocycles. The van der Waals surface area contributed by atoms with Gasteiger partial charge >= 0.3 is 0 Å². The maximum Gasteiger partial charge on any atom is 0.172 e. The molecule has 1 aliphatic heterocycles. The molecule has 19 heavy (non-hydrogen) atoms. The van der Waals surface area contributed by atoms with Crippen LogP contribution in [0.15, 0.2) is 23.4 Å². The van der Waals surface area contributed by atoms with Crippen LogP contribution in [0.25, 0.3) is 0 Å². The molecule has 1 fully saturated rings. The molecule has 1 aromatic rings. The molecule has 0 amide bonds. The van der Waals surface area contributed by atoms with E-state index in [-0.39, 0.29) is 11.9 Å². The Morgan fingerprint density at radius 3 is 2.95 bits per heavy atom. The summed E-state index contributed by atoms with van der Waals surface area (Å²) in [6, 6.07) is 5.74. The van der Waals surface area contributed by atoms with E-state index >= 15 is 0 Å². The van der Waals surface area contributed by atoms with Crippen LogP contribution < -0.4 is 15.4 Å². The molecule has 1 saturated heterocycles. The van der Waals surface area contributed by atoms with Crippen molar-refractivity contribution < 1.29 is 14.7 Å². The Labute approximate surface area is 112 Å². The number of likely N-dealkylation sites (N-methyl/N-ethyl adjacent to an activating group) is 1. The Bertz CT molecular complexity index is 470. The summed E-state index contributed by atoms with van der Waals surface area (Å²) < 4.78 is 10.6. The van der Waals surface area contributed by atoms with Gasteiger partial charge in [0.05, 0.1) is 25.4 Å². The number of nitrogens with zero attached hydrogens (tertiary/aromatic N) is 2. The number of hydrogen-bond donors (Lipinski definition) is 2. The quantitative estimate of drug-likeness (QED) is 0.367. The monoisotopic (exact) mass is 265 g/mol. The van der Waals surface area contributed by atoms with Crippen molar-refractivity contribution in [3.63, 3.8) is 0 Å². The maximum absolute atomic E-state index is 8.87. The molecule has 1 unspecified atom stereocenters. The highest BCUT2D eigenvalue weighted by Crippen LogP contribution is 2.28. The molecule has 3 N–H and O–H groups in total. The molecule has 104 valence electrons. The Morgan fingerprint density at radius 1 is 1.58 bits per heavy atom. The summed E-state index contributed by atoms with van der Waals surface area (Å²) in [4.78, 5) is 2.09. The van der Waals surface area contributed by atoms with Crippen LogP contribution in [0.3, 0.4) is 0 Å². The van der Waals surface area contributed by atoms with Crippen molar-refractivity contribution in [2.75, 3.05) is 32.3 Å². The summed E-state index contributed by atoms with van der Waals surface area (Å²) in [5.41, 5.74) is 7.27. The fraction of sp³-hybridized carbons (Fsp3) is 0.462. The average molecular weight is 265 g/mol. The minimum Gasteiger partial charge on any atom is -0.497 e. The first-order valence-corrected chi connectivity index (χ1v) is 6.14. The Morgan fingerprint density at radius 2 is 2.37 bits per heavy atom. The largest absolute Gasteiger partial charge is 0.497 e. The van der Waals surface area contributed by atoms with Gasteiger partial charge in [0.1, 0.15) is 5.75 Å². The number of oxime groups is 1. The number of hydrogen-bond acceptors (Lipinski definition) is 5. The van der Waals surface area contributed by atoms with Gasteiger partial charge in [-0.25, -0.2) is 0 Å². The molecule has 2 rings (SSSR count). The Kier molecular flexibility index (Phi) is 4.11. The zero-order chi connectivity index (χ0) is 13.8. The molecule has 0 aromatic heterocycles. The first-order valence-electron chi connectivity index (χ1n) is 6.14. The standard InChI is InChI=1S/C13H19N3O3/c1-16(9-5-6-19-8-9)12-7-10(18-2)3-4-11(12)13(14)15-17/h3-4,7,9,17H,5-6,8H2,1-2H3,(H2,14,15). The number of methoxy groups -OCH3 is 1. The maximum atomic E-state index is 8.87. The van der Waals surface area contributed by atoms with Crippen molar-refractivity contribution in [1.82, 2.24) is 0 Å². The number of nitrogens with two attached hydrogens (primary N) is 1. The lowest BCUT2D eigenvalue weighted by Crippen LogP contribution is -2.33. The van der Waals surface area contributed by atoms with E-state index in [1.54, 1.807) is 19.2 Å². The van der Waals surface area contributed by atoms with E-state index in [0.717, 1.165) is 24.5 Å². The van der Waals surface area contributed by atoms with Gasteiger partial charge in [0.15, 0.2) is 5.84 Å². The minimum absolute atomic E-state index is 0.0865. The number of anilines is 1. The zero-order valence-electron chi connectivity index (χ0n) is 11.2. The van der Waals surface area contributed by atoms with E-state index < -0.39 is 0 Å². The molecule has 6 heteroatoms. The van der Waals surface area contributed by atoms with Crippen LogP contribution in [0.5, 0.6) is 5.75 Å². The first-order chi connectivity index (χ1) is 9.17. The summed E-state index contributed by atoms with van der Waals surface area (Å²) >= 11 is 0. The van der Waals surface area contributed by atoms with Crippen molar-refractivity contribution in [1.29, 1.82) is 0 Å². The van der Waals surface area contributed by atoms with E-state index in [1.807, 2.05) is 13.1 Å². The number of benzene rings is 1. The first kappa shape index (κ1) is 13.5. The number of ether oxygens (including phenoxy) is 2. The van der Waals surface area contributed by atoms with Crippen LogP contribution in [-0.2, 0) is 4.74 Å². The third-order valence-corrected chi connectivity index (χ3v) is 3.42. The fourth-order valence-corrected chi connectivity index (χ4v) is 2.22. The van der Waals surface area contributed by atoms with E-state index in [1.165, 1.54) is 0 Å². The molecule has 0 aliphatic carbocycles. The van der Waals surface area contributed by atoms with Crippen LogP contribution in [0.1, 0.15) is 12.0 Å². The third kappa shape index (κ3) is 2.73. The van der Waals surface area contributed by atoms with E-state index in [9.17, 15) is 0 Å². The van der Waals surface area contributed by atoms with E-state index in [2.05, 4.69) is 10.1 Å². The highest BCUT2D eigenvalue weighted by Gasteiger charge is 2.23. The van der Waals surface area contributed by atoms with Gasteiger partial charge in [0, 0.05) is 25.3 Å². The SMILES string of the molecule is COc1ccc(/C(N)=N/O)c(N(C)C2CCOC2)c1. The van der Waals surface area contributed by atoms with E-state index in [4.69, 9.17) is 20.4 Å². The highest BCUT2D eigenvalue weighted by atomic mass is 16.5. The van der Waals surface area contributed by atoms with Crippen LogP contribution in [0, 0.1) is 0 Å². The van der Waals surface area contributed by atoms with Gasteiger partial charge in [0.2, 0.25) is 0 Å². The zero-order valence-corrected chi connectivity index (χ0v) is 11.2. The second kappa shape index (κ2) is 5.79. The molecular formula is C13H19N3O3. The van der Waals surface area contributed by atoms with Gasteiger partial charge in [0.25, 0.3) is 0 Å². The summed E-state index contributed by atoms with van der Waals surface area (Å²) in [5, 5.41) is 12.0. The summed E-state index contributed by atoms with van der Waals surface area (Å²) in [6.07, 6.45) is 0.962. The Hall–Kier alpha value is -1.95. The smallest absolute Gasteiger partial charge is 0.172 e. The van der Waals surface area contributed by atoms with Gasteiger partial charge < -0.3 is 25.3 Å². The summed E-state index contributed by atoms with van der Waals surface area (Å²) in [5.74, 6) is 0.818. The molecule has 0 radical (unpaired) electrons. The van der Waals surface area contributed by atoms with Gasteiger partial charge in [-0.05, 0) is 18.6 Å². The van der Waals surface area contributed by atoms with Gasteiger partial charge in [-0.3, -0.25) is 0 Å². The Balaban J connectivity index is 2.39. The van der Waals surface area contributed by atoms with E-state index in [0.29, 0.717) is 12.2 Å². The molecule has 1 aliphatic rings. The summed E-state index contributed by atoms with van der Waals surface area (Å²) in [7, 11) is 3.59. The molecule has 1 heterocycles. The molecule has 0 spiro atoms. The predicted molar refractivity (Wildman–Crippen MR) is 73.1 cm³/mol. The predicted octanol–water partition coefficient (Wildman–Crippen LogP) is 1.01. The highest BCUT2D eigenvalue weighted by molar-refractivity contribution is 6.02. The summed E-state index contributed by atoms with van der Waals surface area (Å²) in [6.45, 7) is 1.45. The van der Waals surface area contributed by atoms with Crippen LogP contribution >= 0.6 is 0 Å². The van der Waals surface area contributed by atoms with Crippen molar-refractivity contribution in [2.24, 2.45) is 10.9 Å². The second-order valence-electron chi connectivity index (χ2n) is 4.50. The van der Waals surface area contributed by atoms with Crippen molar-refractivity contribution in [3.05, 3.63) is 23.8 Å². The van der Waals surface area contributed by atoms with Gasteiger partial charge in [-0.2, -0.15) is 0 Å². The van der Waals surface area contributed by atoms with Crippen molar-refractivity contribution in [3.8, 4) is 5.75 Å². The topological polar surface area (TPSA) is 80.3 Å². The average Bonchev–Trinajstić information content (AvgIpc) is 2.99. The molecule has 1 atom stereocenters. The molecular weight excluding hydrogens is 246 g/mol. The van der Waals surface area contributed by atoms with Crippen molar-refractivity contribution in [2.45, 2.75) is 12.5 Å². The lowest BCUT2D eigenvalue weighted by molar-refractivity contribution is 0.193.